The Hall–Kier alpha value is -1.29. The Kier molecular flexibility index (Phi) is 4.37. The van der Waals surface area contributed by atoms with Crippen molar-refractivity contribution in [1.29, 1.82) is 0 Å². The fourth-order valence-electron chi connectivity index (χ4n) is 1.31. The predicted molar refractivity (Wildman–Crippen MR) is 63.0 cm³/mol. The number of aromatic nitrogens is 1. The van der Waals surface area contributed by atoms with Gasteiger partial charge in [-0.3, -0.25) is 0 Å². The monoisotopic (exact) mass is 209 g/mol. The minimum absolute atomic E-state index is 0.308. The highest BCUT2D eigenvalue weighted by molar-refractivity contribution is 5.61. The van der Waals surface area contributed by atoms with Crippen molar-refractivity contribution in [2.75, 3.05) is 24.8 Å². The molecule has 0 aliphatic heterocycles. The number of aryl methyl sites for hydroxylation is 1. The van der Waals surface area contributed by atoms with Crippen LogP contribution in [0.2, 0.25) is 0 Å². The van der Waals surface area contributed by atoms with Gasteiger partial charge in [0, 0.05) is 26.0 Å². The molecule has 0 saturated carbocycles. The lowest BCUT2D eigenvalue weighted by atomic mass is 10.2. The molecule has 0 aliphatic carbocycles. The molecule has 3 N–H and O–H groups in total. The summed E-state index contributed by atoms with van der Waals surface area (Å²) in [5, 5.41) is 3.26. The van der Waals surface area contributed by atoms with E-state index >= 15 is 0 Å². The highest BCUT2D eigenvalue weighted by Gasteiger charge is 2.05. The Morgan fingerprint density at radius 2 is 2.33 bits per heavy atom. The van der Waals surface area contributed by atoms with Crippen molar-refractivity contribution in [3.05, 3.63) is 17.8 Å². The number of hydrogen-bond acceptors (Lipinski definition) is 4. The number of methoxy groups -OCH3 is 1. The normalized spacial score (nSPS) is 12.5. The Bertz CT molecular complexity index is 315. The largest absolute Gasteiger partial charge is 0.396 e. The van der Waals surface area contributed by atoms with E-state index in [1.807, 2.05) is 19.2 Å². The maximum Gasteiger partial charge on any atom is 0.149 e. The van der Waals surface area contributed by atoms with Gasteiger partial charge in [0.25, 0.3) is 0 Å². The molecule has 1 unspecified atom stereocenters. The van der Waals surface area contributed by atoms with Crippen LogP contribution in [-0.4, -0.2) is 24.7 Å². The molecule has 4 nitrogen and oxygen atoms in total. The first kappa shape index (κ1) is 11.8. The summed E-state index contributed by atoms with van der Waals surface area (Å²) in [7, 11) is 1.70. The summed E-state index contributed by atoms with van der Waals surface area (Å²) in [5.41, 5.74) is 7.61. The summed E-state index contributed by atoms with van der Waals surface area (Å²) < 4.78 is 5.01. The zero-order valence-electron chi connectivity index (χ0n) is 9.58. The van der Waals surface area contributed by atoms with Crippen LogP contribution >= 0.6 is 0 Å². The molecule has 84 valence electrons. The number of hydrogen-bond donors (Lipinski definition) is 2. The van der Waals surface area contributed by atoms with Gasteiger partial charge in [-0.2, -0.15) is 0 Å². The van der Waals surface area contributed by atoms with Gasteiger partial charge in [0.05, 0.1) is 5.69 Å². The number of nitrogens with zero attached hydrogens (tertiary/aromatic N) is 1. The van der Waals surface area contributed by atoms with Gasteiger partial charge in [-0.25, -0.2) is 4.98 Å². The minimum Gasteiger partial charge on any atom is -0.396 e. The second-order valence-corrected chi connectivity index (χ2v) is 3.78. The van der Waals surface area contributed by atoms with Crippen LogP contribution in [0.15, 0.2) is 12.3 Å². The van der Waals surface area contributed by atoms with Crippen LogP contribution in [0.25, 0.3) is 0 Å². The maximum atomic E-state index is 5.84. The quantitative estimate of drug-likeness (QED) is 0.776. The van der Waals surface area contributed by atoms with Crippen molar-refractivity contribution in [3.8, 4) is 0 Å². The summed E-state index contributed by atoms with van der Waals surface area (Å²) in [6.07, 6.45) is 2.74. The number of nitrogens with two attached hydrogens (primary N) is 1. The fraction of sp³-hybridized carbons (Fsp3) is 0.545. The number of pyridine rings is 1. The molecule has 0 spiro atoms. The van der Waals surface area contributed by atoms with Gasteiger partial charge < -0.3 is 15.8 Å². The average Bonchev–Trinajstić information content (AvgIpc) is 2.19. The third-order valence-corrected chi connectivity index (χ3v) is 2.19. The number of nitrogen functional groups attached to an aromatic ring is 1. The molecule has 1 aromatic rings. The molecule has 1 heterocycles. The molecule has 0 aliphatic rings. The highest BCUT2D eigenvalue weighted by atomic mass is 16.5. The van der Waals surface area contributed by atoms with Crippen molar-refractivity contribution in [2.24, 2.45) is 0 Å². The smallest absolute Gasteiger partial charge is 0.149 e. The molecule has 4 heteroatoms. The molecule has 0 fully saturated rings. The predicted octanol–water partition coefficient (Wildman–Crippen LogP) is 1.81. The minimum atomic E-state index is 0.308. The van der Waals surface area contributed by atoms with E-state index in [0.717, 1.165) is 24.4 Å². The van der Waals surface area contributed by atoms with Gasteiger partial charge in [-0.1, -0.05) is 0 Å². The van der Waals surface area contributed by atoms with Gasteiger partial charge in [-0.15, -0.1) is 0 Å². The number of anilines is 2. The van der Waals surface area contributed by atoms with E-state index < -0.39 is 0 Å². The van der Waals surface area contributed by atoms with E-state index in [1.54, 1.807) is 7.11 Å². The van der Waals surface area contributed by atoms with E-state index in [0.29, 0.717) is 11.7 Å². The van der Waals surface area contributed by atoms with Crippen molar-refractivity contribution in [3.63, 3.8) is 0 Å². The molecule has 0 radical (unpaired) electrons. The molecule has 0 bridgehead atoms. The van der Waals surface area contributed by atoms with Crippen LogP contribution < -0.4 is 11.1 Å². The lowest BCUT2D eigenvalue weighted by Gasteiger charge is -2.15. The van der Waals surface area contributed by atoms with E-state index in [-0.39, 0.29) is 0 Å². The van der Waals surface area contributed by atoms with Crippen molar-refractivity contribution < 1.29 is 4.74 Å². The molecule has 0 aromatic carbocycles. The van der Waals surface area contributed by atoms with Crippen LogP contribution in [0.4, 0.5) is 11.5 Å². The lowest BCUT2D eigenvalue weighted by molar-refractivity contribution is 0.191. The Morgan fingerprint density at radius 3 is 2.93 bits per heavy atom. The first-order valence-electron chi connectivity index (χ1n) is 5.11. The Labute approximate surface area is 90.8 Å². The Morgan fingerprint density at radius 1 is 1.60 bits per heavy atom. The van der Waals surface area contributed by atoms with Crippen molar-refractivity contribution in [2.45, 2.75) is 26.3 Å². The number of rotatable bonds is 5. The van der Waals surface area contributed by atoms with Crippen molar-refractivity contribution in [1.82, 2.24) is 4.98 Å². The topological polar surface area (TPSA) is 60.2 Å². The van der Waals surface area contributed by atoms with Gasteiger partial charge >= 0.3 is 0 Å². The van der Waals surface area contributed by atoms with Crippen LogP contribution in [0.1, 0.15) is 18.9 Å². The zero-order chi connectivity index (χ0) is 11.3. The molecule has 1 aromatic heterocycles. The molecule has 0 saturated heterocycles. The van der Waals surface area contributed by atoms with Crippen LogP contribution in [0.5, 0.6) is 0 Å². The molecule has 1 atom stereocenters. The summed E-state index contributed by atoms with van der Waals surface area (Å²) in [6, 6.07) is 2.22. The molecule has 1 rings (SSSR count). The van der Waals surface area contributed by atoms with E-state index in [9.17, 15) is 0 Å². The van der Waals surface area contributed by atoms with Gasteiger partial charge in [0.1, 0.15) is 5.82 Å². The number of nitrogens with one attached hydrogen (secondary N) is 1. The van der Waals surface area contributed by atoms with E-state index in [1.165, 1.54) is 0 Å². The third-order valence-electron chi connectivity index (χ3n) is 2.19. The summed E-state index contributed by atoms with van der Waals surface area (Å²) >= 11 is 0. The van der Waals surface area contributed by atoms with Crippen LogP contribution in [0, 0.1) is 6.92 Å². The first-order chi connectivity index (χ1) is 7.13. The highest BCUT2D eigenvalue weighted by Crippen LogP contribution is 2.17. The summed E-state index contributed by atoms with van der Waals surface area (Å²) in [6.45, 7) is 4.79. The van der Waals surface area contributed by atoms with Gasteiger partial charge in [0.15, 0.2) is 0 Å². The fourth-order valence-corrected chi connectivity index (χ4v) is 1.31. The number of ether oxygens (including phenoxy) is 1. The standard InChI is InChI=1S/C11H19N3O/c1-8-6-10(12)11(13-7-8)14-9(2)4-5-15-3/h6-7,9H,4-5,12H2,1-3H3,(H,13,14). The van der Waals surface area contributed by atoms with Gasteiger partial charge in [0.2, 0.25) is 0 Å². The summed E-state index contributed by atoms with van der Waals surface area (Å²) in [5.74, 6) is 0.754. The summed E-state index contributed by atoms with van der Waals surface area (Å²) in [4.78, 5) is 4.25. The second-order valence-electron chi connectivity index (χ2n) is 3.78. The lowest BCUT2D eigenvalue weighted by Crippen LogP contribution is -2.18. The van der Waals surface area contributed by atoms with Gasteiger partial charge in [-0.05, 0) is 31.9 Å². The van der Waals surface area contributed by atoms with Crippen LogP contribution in [0.3, 0.4) is 0 Å². The average molecular weight is 209 g/mol. The molecule has 15 heavy (non-hydrogen) atoms. The van der Waals surface area contributed by atoms with E-state index in [2.05, 4.69) is 17.2 Å². The molecular weight excluding hydrogens is 190 g/mol. The molecular formula is C11H19N3O. The first-order valence-corrected chi connectivity index (χ1v) is 5.11. The van der Waals surface area contributed by atoms with Crippen molar-refractivity contribution >= 4 is 11.5 Å². The third kappa shape index (κ3) is 3.75. The Balaban J connectivity index is 2.56. The second kappa shape index (κ2) is 5.56. The van der Waals surface area contributed by atoms with Crippen LogP contribution in [-0.2, 0) is 4.74 Å². The SMILES string of the molecule is COCCC(C)Nc1ncc(C)cc1N. The maximum absolute atomic E-state index is 5.84. The molecule has 0 amide bonds. The van der Waals surface area contributed by atoms with E-state index in [4.69, 9.17) is 10.5 Å². The zero-order valence-corrected chi connectivity index (χ0v) is 9.58.